The zero-order valence-electron chi connectivity index (χ0n) is 49.4. The summed E-state index contributed by atoms with van der Waals surface area (Å²) >= 11 is 0. The number of rotatable bonds is 29. The average molecular weight is 1190 g/mol. The molecule has 24 N–H and O–H groups in total. The first kappa shape index (κ1) is 73.2. The smallest absolute Gasteiger partial charge is 0.245 e. The molecule has 1 aliphatic heterocycles. The Kier molecular flexibility index (Phi) is 34.5. The van der Waals surface area contributed by atoms with E-state index in [0.717, 1.165) is 19.3 Å². The summed E-state index contributed by atoms with van der Waals surface area (Å²) in [5.41, 5.74) is 35.9. The number of carbonyl (C=O) groups excluding carboxylic acids is 11. The molecule has 0 radical (unpaired) electrons. The molecule has 0 bridgehead atoms. The molecule has 1 aromatic rings. The maximum absolute atomic E-state index is 14.5. The average Bonchev–Trinajstić information content (AvgIpc) is 3.53. The number of unbranched alkanes of at least 4 members (excludes halogenated alkanes) is 1. The van der Waals surface area contributed by atoms with Crippen LogP contribution in [0.4, 0.5) is 0 Å². The third kappa shape index (κ3) is 26.4. The number of amides is 11. The van der Waals surface area contributed by atoms with Crippen molar-refractivity contribution < 1.29 is 57.8 Å². The molecule has 0 unspecified atom stereocenters. The third-order valence-corrected chi connectivity index (χ3v) is 14.1. The highest BCUT2D eigenvalue weighted by atomic mass is 16.3. The Morgan fingerprint density at radius 3 is 1.55 bits per heavy atom. The van der Waals surface area contributed by atoms with Crippen LogP contribution in [-0.2, 0) is 59.2 Å². The van der Waals surface area contributed by atoms with Gasteiger partial charge in [0.05, 0.1) is 6.10 Å². The third-order valence-electron chi connectivity index (χ3n) is 14.1. The van der Waals surface area contributed by atoms with E-state index < -0.39 is 151 Å². The molecule has 1 heterocycles. The van der Waals surface area contributed by atoms with Crippen molar-refractivity contribution in [3.63, 3.8) is 0 Å². The lowest BCUT2D eigenvalue weighted by atomic mass is 10.00. The highest BCUT2D eigenvalue weighted by Gasteiger charge is 2.37. The van der Waals surface area contributed by atoms with Crippen LogP contribution in [0.1, 0.15) is 117 Å². The number of nitrogens with two attached hydrogens (primary N) is 6. The summed E-state index contributed by atoms with van der Waals surface area (Å²) in [6.07, 6.45) is 0.731. The SMILES string of the molecule is CC[C@H](C)CCCCC(=O)N[C@@H](CCN)C(=O)N[C@H](C(=O)N[C@@H](CCN)C(=O)N[C@H]1CCNC(=O)[C@H](CN)NC(=O)[C@H](CCN)NC(=O)[C@H](CCN)NC(=O)[C@H](CC(C)C)NC(=O)[C@@H](Cc2ccccc2)NC(=O)[C@H](CCN)NC1=O)[C@@H](C)O. The molecule has 29 heteroatoms. The fraction of sp³-hybridized carbons (Fsp3) is 0.691. The van der Waals surface area contributed by atoms with E-state index in [0.29, 0.717) is 17.9 Å². The highest BCUT2D eigenvalue weighted by molar-refractivity contribution is 5.99. The van der Waals surface area contributed by atoms with Crippen LogP contribution < -0.4 is 92.9 Å². The van der Waals surface area contributed by atoms with Gasteiger partial charge in [-0.15, -0.1) is 0 Å². The number of hydrogen-bond acceptors (Lipinski definition) is 18. The summed E-state index contributed by atoms with van der Waals surface area (Å²) in [5, 5.41) is 39.1. The summed E-state index contributed by atoms with van der Waals surface area (Å²) < 4.78 is 0. The van der Waals surface area contributed by atoms with Crippen LogP contribution in [0.3, 0.4) is 0 Å². The molecule has 1 aromatic carbocycles. The first-order valence-electron chi connectivity index (χ1n) is 29.2. The van der Waals surface area contributed by atoms with E-state index in [9.17, 15) is 57.8 Å². The number of carbonyl (C=O) groups is 11. The fourth-order valence-electron chi connectivity index (χ4n) is 8.98. The van der Waals surface area contributed by atoms with Crippen LogP contribution >= 0.6 is 0 Å². The Bertz CT molecular complexity index is 2280. The number of nitrogens with one attached hydrogen (secondary N) is 11. The van der Waals surface area contributed by atoms with Gasteiger partial charge in [-0.3, -0.25) is 52.7 Å². The number of hydrogen-bond donors (Lipinski definition) is 18. The topological polar surface area (TPSA) is 496 Å². The maximum Gasteiger partial charge on any atom is 0.245 e. The van der Waals surface area contributed by atoms with E-state index >= 15 is 0 Å². The zero-order chi connectivity index (χ0) is 62.9. The second kappa shape index (κ2) is 39.6. The Labute approximate surface area is 492 Å². The number of aliphatic hydroxyl groups excluding tert-OH is 1. The monoisotopic (exact) mass is 1190 g/mol. The molecule has 474 valence electrons. The molecule has 0 aromatic heterocycles. The van der Waals surface area contributed by atoms with Gasteiger partial charge in [-0.2, -0.15) is 0 Å². The molecule has 1 saturated heterocycles. The Hall–Kier alpha value is -6.89. The molecule has 2 rings (SSSR count). The summed E-state index contributed by atoms with van der Waals surface area (Å²) in [5.74, 6) is -9.08. The summed E-state index contributed by atoms with van der Waals surface area (Å²) in [6.45, 7) is 7.52. The lowest BCUT2D eigenvalue weighted by Gasteiger charge is -2.29. The summed E-state index contributed by atoms with van der Waals surface area (Å²) in [4.78, 5) is 153. The van der Waals surface area contributed by atoms with Gasteiger partial charge in [-0.05, 0) is 108 Å². The first-order valence-corrected chi connectivity index (χ1v) is 29.2. The molecule has 0 spiro atoms. The van der Waals surface area contributed by atoms with Crippen LogP contribution in [-0.4, -0.2) is 182 Å². The van der Waals surface area contributed by atoms with E-state index in [1.807, 2.05) is 0 Å². The molecule has 0 aliphatic carbocycles. The van der Waals surface area contributed by atoms with Gasteiger partial charge in [0.1, 0.15) is 60.4 Å². The van der Waals surface area contributed by atoms with Crippen molar-refractivity contribution >= 4 is 65.0 Å². The van der Waals surface area contributed by atoms with Gasteiger partial charge in [-0.1, -0.05) is 77.3 Å². The normalized spacial score (nSPS) is 22.6. The van der Waals surface area contributed by atoms with Crippen LogP contribution in [0, 0.1) is 11.8 Å². The van der Waals surface area contributed by atoms with Crippen molar-refractivity contribution in [2.45, 2.75) is 185 Å². The maximum atomic E-state index is 14.5. The Morgan fingerprint density at radius 1 is 0.560 bits per heavy atom. The molecule has 84 heavy (non-hydrogen) atoms. The molecule has 29 nitrogen and oxygen atoms in total. The minimum Gasteiger partial charge on any atom is -0.391 e. The van der Waals surface area contributed by atoms with Crippen molar-refractivity contribution in [1.82, 2.24) is 58.5 Å². The van der Waals surface area contributed by atoms with Gasteiger partial charge in [0.15, 0.2) is 0 Å². The Balaban J connectivity index is 2.64. The lowest BCUT2D eigenvalue weighted by molar-refractivity contribution is -0.137. The summed E-state index contributed by atoms with van der Waals surface area (Å²) in [6, 6.07) is -5.72. The number of aliphatic hydroxyl groups is 1. The second-order valence-electron chi connectivity index (χ2n) is 21.6. The standard InChI is InChI=1S/C55H97N17O12/c1-6-32(4)12-10-11-15-44(74)63-35(16-22-56)52(81)72-45(33(5)73)55(84)68-39(20-26-60)48(77)67-40-21-27-62-46(75)43(30-61)71-50(79)38(19-25-59)64-47(76)36(17-23-57)66-53(82)41(28-31(2)3)69-54(83)42(29-34-13-8-7-9-14-34)70-49(78)37(18-24-58)65-51(40)80/h7-9,13-14,31-33,35-43,45,73H,6,10-12,15-30,56-61H2,1-5H3,(H,62,75)(H,63,74)(H,64,76)(H,65,80)(H,66,82)(H,67,77)(H,68,84)(H,69,83)(H,70,78)(H,71,79)(H,72,81)/t32-,33+,35-,36-,37-,38-,39-,40-,41-,42+,43-,45-/m0/s1. The quantitative estimate of drug-likeness (QED) is 0.0333. The highest BCUT2D eigenvalue weighted by Crippen LogP contribution is 2.14. The van der Waals surface area contributed by atoms with Crippen LogP contribution in [0.5, 0.6) is 0 Å². The molecular formula is C55H97N17O12. The van der Waals surface area contributed by atoms with Gasteiger partial charge >= 0.3 is 0 Å². The van der Waals surface area contributed by atoms with Gasteiger partial charge in [0.25, 0.3) is 0 Å². The minimum atomic E-state index is -1.69. The molecule has 1 aliphatic rings. The van der Waals surface area contributed by atoms with E-state index in [2.05, 4.69) is 72.3 Å². The largest absolute Gasteiger partial charge is 0.391 e. The van der Waals surface area contributed by atoms with Gasteiger partial charge in [0.2, 0.25) is 65.0 Å². The van der Waals surface area contributed by atoms with Crippen LogP contribution in [0.2, 0.25) is 0 Å². The zero-order valence-corrected chi connectivity index (χ0v) is 49.4. The minimum absolute atomic E-state index is 0.0101. The van der Waals surface area contributed by atoms with Crippen LogP contribution in [0.25, 0.3) is 0 Å². The first-order chi connectivity index (χ1) is 40.0. The summed E-state index contributed by atoms with van der Waals surface area (Å²) in [7, 11) is 0. The lowest BCUT2D eigenvalue weighted by Crippen LogP contribution is -2.62. The molecule has 12 atom stereocenters. The Morgan fingerprint density at radius 2 is 1.05 bits per heavy atom. The van der Waals surface area contributed by atoms with Crippen LogP contribution in [0.15, 0.2) is 30.3 Å². The van der Waals surface area contributed by atoms with E-state index in [4.69, 9.17) is 34.4 Å². The van der Waals surface area contributed by atoms with Gasteiger partial charge < -0.3 is 98.0 Å². The predicted molar refractivity (Wildman–Crippen MR) is 314 cm³/mol. The fourth-order valence-corrected chi connectivity index (χ4v) is 8.98. The van der Waals surface area contributed by atoms with Crippen molar-refractivity contribution in [2.75, 3.05) is 45.8 Å². The van der Waals surface area contributed by atoms with E-state index in [1.54, 1.807) is 44.2 Å². The van der Waals surface area contributed by atoms with Crippen molar-refractivity contribution in [1.29, 1.82) is 0 Å². The predicted octanol–water partition coefficient (Wildman–Crippen LogP) is -5.67. The van der Waals surface area contributed by atoms with Crippen molar-refractivity contribution in [2.24, 2.45) is 46.2 Å². The molecule has 1 fully saturated rings. The van der Waals surface area contributed by atoms with E-state index in [-0.39, 0.29) is 90.0 Å². The molecule has 0 saturated carbocycles. The molecule has 11 amide bonds. The number of benzene rings is 1. The van der Waals surface area contributed by atoms with Gasteiger partial charge in [0, 0.05) is 25.9 Å². The van der Waals surface area contributed by atoms with E-state index in [1.165, 1.54) is 6.92 Å². The molecular weight excluding hydrogens is 1090 g/mol. The van der Waals surface area contributed by atoms with Crippen molar-refractivity contribution in [3.8, 4) is 0 Å². The van der Waals surface area contributed by atoms with Crippen molar-refractivity contribution in [3.05, 3.63) is 35.9 Å². The van der Waals surface area contributed by atoms with Gasteiger partial charge in [-0.25, -0.2) is 0 Å². The second-order valence-corrected chi connectivity index (χ2v) is 21.6.